The van der Waals surface area contributed by atoms with Crippen LogP contribution in [0.25, 0.3) is 0 Å². The first-order valence-corrected chi connectivity index (χ1v) is 8.64. The number of rotatable bonds is 5. The van der Waals surface area contributed by atoms with E-state index in [0.29, 0.717) is 5.75 Å². The first kappa shape index (κ1) is 16.9. The second kappa shape index (κ2) is 7.70. The molecule has 4 heteroatoms. The van der Waals surface area contributed by atoms with Crippen molar-refractivity contribution in [2.24, 2.45) is 0 Å². The van der Waals surface area contributed by atoms with Gasteiger partial charge < -0.3 is 5.32 Å². The molecule has 0 aromatic heterocycles. The van der Waals surface area contributed by atoms with Crippen molar-refractivity contribution < 1.29 is 4.79 Å². The first-order chi connectivity index (χ1) is 10.5. The molecule has 0 spiro atoms. The Balaban J connectivity index is 1.95. The molecule has 1 atom stereocenters. The SMILES string of the molecule is Cc1cccc(C)c1NC(=O)CS[C@H](C)c1ccccc1Cl. The summed E-state index contributed by atoms with van der Waals surface area (Å²) in [6.45, 7) is 6.07. The number of halogens is 1. The molecule has 2 aromatic rings. The van der Waals surface area contributed by atoms with Crippen LogP contribution in [0.1, 0.15) is 28.9 Å². The minimum absolute atomic E-state index is 0.0151. The van der Waals surface area contributed by atoms with E-state index in [2.05, 4.69) is 12.2 Å². The second-order valence-electron chi connectivity index (χ2n) is 5.29. The van der Waals surface area contributed by atoms with Crippen LogP contribution in [0.5, 0.6) is 0 Å². The zero-order valence-electron chi connectivity index (χ0n) is 13.0. The van der Waals surface area contributed by atoms with Gasteiger partial charge in [0.15, 0.2) is 0 Å². The average Bonchev–Trinajstić information content (AvgIpc) is 2.49. The van der Waals surface area contributed by atoms with Gasteiger partial charge in [-0.05, 0) is 43.5 Å². The fourth-order valence-corrected chi connectivity index (χ4v) is 3.51. The topological polar surface area (TPSA) is 29.1 Å². The summed E-state index contributed by atoms with van der Waals surface area (Å²) in [5.41, 5.74) is 4.14. The standard InChI is InChI=1S/C18H20ClNOS/c1-12-7-6-8-13(2)18(12)20-17(21)11-22-14(3)15-9-4-5-10-16(15)19/h4-10,14H,11H2,1-3H3,(H,20,21)/t14-/m1/s1. The largest absolute Gasteiger partial charge is 0.325 e. The van der Waals surface area contributed by atoms with Gasteiger partial charge in [-0.3, -0.25) is 4.79 Å². The van der Waals surface area contributed by atoms with E-state index in [1.807, 2.05) is 56.3 Å². The van der Waals surface area contributed by atoms with E-state index >= 15 is 0 Å². The van der Waals surface area contributed by atoms with Gasteiger partial charge in [-0.25, -0.2) is 0 Å². The normalized spacial score (nSPS) is 12.0. The summed E-state index contributed by atoms with van der Waals surface area (Å²) < 4.78 is 0. The van der Waals surface area contributed by atoms with E-state index in [1.54, 1.807) is 11.8 Å². The number of benzene rings is 2. The lowest BCUT2D eigenvalue weighted by molar-refractivity contribution is -0.113. The smallest absolute Gasteiger partial charge is 0.234 e. The number of hydrogen-bond donors (Lipinski definition) is 1. The Kier molecular flexibility index (Phi) is 5.92. The molecule has 0 bridgehead atoms. The third-order valence-corrected chi connectivity index (χ3v) is 5.08. The third-order valence-electron chi connectivity index (χ3n) is 3.55. The molecule has 0 saturated carbocycles. The molecule has 0 aliphatic rings. The molecule has 0 saturated heterocycles. The van der Waals surface area contributed by atoms with E-state index in [1.165, 1.54) is 0 Å². The summed E-state index contributed by atoms with van der Waals surface area (Å²) in [6, 6.07) is 13.8. The second-order valence-corrected chi connectivity index (χ2v) is 7.03. The Morgan fingerprint density at radius 3 is 2.41 bits per heavy atom. The first-order valence-electron chi connectivity index (χ1n) is 7.21. The number of para-hydroxylation sites is 1. The van der Waals surface area contributed by atoms with E-state index < -0.39 is 0 Å². The van der Waals surface area contributed by atoms with E-state index in [-0.39, 0.29) is 11.2 Å². The predicted octanol–water partition coefficient (Wildman–Crippen LogP) is 5.39. The number of carbonyl (C=O) groups is 1. The zero-order chi connectivity index (χ0) is 16.1. The van der Waals surface area contributed by atoms with Crippen molar-refractivity contribution in [2.75, 3.05) is 11.1 Å². The van der Waals surface area contributed by atoms with Crippen LogP contribution in [0.2, 0.25) is 5.02 Å². The van der Waals surface area contributed by atoms with Crippen LogP contribution in [0, 0.1) is 13.8 Å². The number of aryl methyl sites for hydroxylation is 2. The summed E-state index contributed by atoms with van der Waals surface area (Å²) in [5.74, 6) is 0.418. The van der Waals surface area contributed by atoms with E-state index in [9.17, 15) is 4.79 Å². The number of carbonyl (C=O) groups excluding carboxylic acids is 1. The molecule has 0 aliphatic heterocycles. The highest BCUT2D eigenvalue weighted by Gasteiger charge is 2.13. The van der Waals surface area contributed by atoms with Gasteiger partial charge in [0.05, 0.1) is 5.75 Å². The summed E-state index contributed by atoms with van der Waals surface area (Å²) in [4.78, 5) is 12.2. The van der Waals surface area contributed by atoms with Crippen LogP contribution < -0.4 is 5.32 Å². The third kappa shape index (κ3) is 4.28. The lowest BCUT2D eigenvalue weighted by atomic mass is 10.1. The van der Waals surface area contributed by atoms with Gasteiger partial charge in [-0.15, -0.1) is 11.8 Å². The van der Waals surface area contributed by atoms with Crippen molar-refractivity contribution in [2.45, 2.75) is 26.0 Å². The molecule has 1 N–H and O–H groups in total. The molecule has 0 unspecified atom stereocenters. The van der Waals surface area contributed by atoms with Gasteiger partial charge in [0.1, 0.15) is 0 Å². The summed E-state index contributed by atoms with van der Waals surface area (Å²) in [7, 11) is 0. The molecule has 22 heavy (non-hydrogen) atoms. The van der Waals surface area contributed by atoms with Gasteiger partial charge >= 0.3 is 0 Å². The molecule has 0 heterocycles. The minimum Gasteiger partial charge on any atom is -0.325 e. The van der Waals surface area contributed by atoms with Gasteiger partial charge in [0.2, 0.25) is 5.91 Å². The Hall–Kier alpha value is -1.45. The molecule has 2 aromatic carbocycles. The van der Waals surface area contributed by atoms with Crippen LogP contribution in [0.3, 0.4) is 0 Å². The minimum atomic E-state index is 0.0151. The summed E-state index contributed by atoms with van der Waals surface area (Å²) in [6.07, 6.45) is 0. The van der Waals surface area contributed by atoms with Crippen molar-refractivity contribution in [3.8, 4) is 0 Å². The predicted molar refractivity (Wildman–Crippen MR) is 96.9 cm³/mol. The molecule has 2 rings (SSSR count). The highest BCUT2D eigenvalue weighted by atomic mass is 35.5. The summed E-state index contributed by atoms with van der Waals surface area (Å²) >= 11 is 7.78. The van der Waals surface area contributed by atoms with Gasteiger partial charge in [0, 0.05) is 16.0 Å². The zero-order valence-corrected chi connectivity index (χ0v) is 14.6. The van der Waals surface area contributed by atoms with Gasteiger partial charge in [0.25, 0.3) is 0 Å². The van der Waals surface area contributed by atoms with Gasteiger partial charge in [-0.2, -0.15) is 0 Å². The Bertz CT molecular complexity index is 652. The number of anilines is 1. The van der Waals surface area contributed by atoms with Crippen molar-refractivity contribution >= 4 is 35.0 Å². The molecular formula is C18H20ClNOS. The molecule has 116 valence electrons. The maximum absolute atomic E-state index is 12.2. The number of amides is 1. The molecule has 0 radical (unpaired) electrons. The van der Waals surface area contributed by atoms with E-state index in [0.717, 1.165) is 27.4 Å². The number of hydrogen-bond acceptors (Lipinski definition) is 2. The fourth-order valence-electron chi connectivity index (χ4n) is 2.28. The quantitative estimate of drug-likeness (QED) is 0.794. The molecule has 2 nitrogen and oxygen atoms in total. The molecule has 0 aliphatic carbocycles. The maximum Gasteiger partial charge on any atom is 0.234 e. The lowest BCUT2D eigenvalue weighted by Crippen LogP contribution is -2.16. The van der Waals surface area contributed by atoms with Gasteiger partial charge in [-0.1, -0.05) is 48.0 Å². The van der Waals surface area contributed by atoms with Crippen molar-refractivity contribution in [3.63, 3.8) is 0 Å². The van der Waals surface area contributed by atoms with Crippen LogP contribution in [0.4, 0.5) is 5.69 Å². The molecule has 0 fully saturated rings. The van der Waals surface area contributed by atoms with Crippen molar-refractivity contribution in [1.29, 1.82) is 0 Å². The monoisotopic (exact) mass is 333 g/mol. The Morgan fingerprint density at radius 2 is 1.77 bits per heavy atom. The highest BCUT2D eigenvalue weighted by Crippen LogP contribution is 2.33. The van der Waals surface area contributed by atoms with Crippen molar-refractivity contribution in [1.82, 2.24) is 0 Å². The molecular weight excluding hydrogens is 314 g/mol. The Morgan fingerprint density at radius 1 is 1.14 bits per heavy atom. The van der Waals surface area contributed by atoms with E-state index in [4.69, 9.17) is 11.6 Å². The highest BCUT2D eigenvalue weighted by molar-refractivity contribution is 8.00. The average molecular weight is 334 g/mol. The maximum atomic E-state index is 12.2. The van der Waals surface area contributed by atoms with Crippen LogP contribution in [-0.4, -0.2) is 11.7 Å². The lowest BCUT2D eigenvalue weighted by Gasteiger charge is -2.14. The van der Waals surface area contributed by atoms with Crippen LogP contribution >= 0.6 is 23.4 Å². The number of thioether (sulfide) groups is 1. The fraction of sp³-hybridized carbons (Fsp3) is 0.278. The van der Waals surface area contributed by atoms with Crippen LogP contribution in [0.15, 0.2) is 42.5 Å². The number of nitrogens with one attached hydrogen (secondary N) is 1. The Labute approximate surface area is 141 Å². The van der Waals surface area contributed by atoms with Crippen molar-refractivity contribution in [3.05, 3.63) is 64.2 Å². The summed E-state index contributed by atoms with van der Waals surface area (Å²) in [5, 5.41) is 3.93. The van der Waals surface area contributed by atoms with Crippen LogP contribution in [-0.2, 0) is 4.79 Å². The molecule has 1 amide bonds.